The number of benzene rings is 1. The van der Waals surface area contributed by atoms with Crippen molar-refractivity contribution in [3.05, 3.63) is 35.4 Å². The minimum absolute atomic E-state index is 0.0241. The normalized spacial score (nSPS) is 26.5. The molecule has 114 valence electrons. The summed E-state index contributed by atoms with van der Waals surface area (Å²) in [5, 5.41) is 0. The van der Waals surface area contributed by atoms with Gasteiger partial charge in [0, 0.05) is 24.7 Å². The number of carbonyl (C=O) groups excluding carboxylic acids is 1. The maximum atomic E-state index is 13.8. The number of amides is 1. The summed E-state index contributed by atoms with van der Waals surface area (Å²) in [7, 11) is 2.08. The number of likely N-dealkylation sites (tertiary alicyclic amines) is 2. The van der Waals surface area contributed by atoms with Crippen LogP contribution in [0.1, 0.15) is 36.0 Å². The van der Waals surface area contributed by atoms with Gasteiger partial charge in [0.05, 0.1) is 5.56 Å². The summed E-state index contributed by atoms with van der Waals surface area (Å²) in [6.07, 6.45) is 4.13. The first-order valence-electron chi connectivity index (χ1n) is 7.54. The standard InChI is InChI=1S/C16H20F2N2O/c1-19-8-2-4-14(19)15-5-3-9-20(15)16(21)12-7-6-11(17)10-13(12)18/h6-7,10,14-15H,2-5,8-9H2,1H3/t14-,15-/m0/s1. The summed E-state index contributed by atoms with van der Waals surface area (Å²) in [6, 6.07) is 3.68. The third-order valence-electron chi connectivity index (χ3n) is 4.74. The summed E-state index contributed by atoms with van der Waals surface area (Å²) in [6.45, 7) is 1.71. The second kappa shape index (κ2) is 5.72. The molecular formula is C16H20F2N2O. The number of halogens is 2. The van der Waals surface area contributed by atoms with Crippen LogP contribution in [-0.4, -0.2) is 47.9 Å². The van der Waals surface area contributed by atoms with Crippen LogP contribution in [0.15, 0.2) is 18.2 Å². The van der Waals surface area contributed by atoms with E-state index in [1.807, 2.05) is 0 Å². The Labute approximate surface area is 123 Å². The summed E-state index contributed by atoms with van der Waals surface area (Å²) in [5.74, 6) is -1.74. The quantitative estimate of drug-likeness (QED) is 0.837. The number of nitrogens with zero attached hydrogens (tertiary/aromatic N) is 2. The number of hydrogen-bond acceptors (Lipinski definition) is 2. The third-order valence-corrected chi connectivity index (χ3v) is 4.74. The van der Waals surface area contributed by atoms with Crippen molar-refractivity contribution in [3.8, 4) is 0 Å². The molecule has 1 aromatic rings. The Bertz CT molecular complexity index is 549. The second-order valence-corrected chi connectivity index (χ2v) is 6.02. The molecule has 2 heterocycles. The lowest BCUT2D eigenvalue weighted by Crippen LogP contribution is -2.47. The Balaban J connectivity index is 1.82. The number of rotatable bonds is 2. The Hall–Kier alpha value is -1.49. The average molecular weight is 294 g/mol. The van der Waals surface area contributed by atoms with Crippen LogP contribution in [0.3, 0.4) is 0 Å². The van der Waals surface area contributed by atoms with Gasteiger partial charge in [0.15, 0.2) is 0 Å². The van der Waals surface area contributed by atoms with Crippen molar-refractivity contribution in [1.29, 1.82) is 0 Å². The van der Waals surface area contributed by atoms with Gasteiger partial charge < -0.3 is 9.80 Å². The van der Waals surface area contributed by atoms with Crippen molar-refractivity contribution >= 4 is 5.91 Å². The topological polar surface area (TPSA) is 23.6 Å². The van der Waals surface area contributed by atoms with Gasteiger partial charge in [-0.2, -0.15) is 0 Å². The summed E-state index contributed by atoms with van der Waals surface area (Å²) in [5.41, 5.74) is -0.0241. The molecule has 1 aromatic carbocycles. The maximum absolute atomic E-state index is 13.8. The fraction of sp³-hybridized carbons (Fsp3) is 0.562. The lowest BCUT2D eigenvalue weighted by Gasteiger charge is -2.33. The molecule has 2 aliphatic heterocycles. The molecule has 2 fully saturated rings. The Kier molecular flexibility index (Phi) is 3.93. The van der Waals surface area contributed by atoms with Gasteiger partial charge in [-0.05, 0) is 51.4 Å². The molecular weight excluding hydrogens is 274 g/mol. The van der Waals surface area contributed by atoms with Gasteiger partial charge >= 0.3 is 0 Å². The zero-order valence-electron chi connectivity index (χ0n) is 12.2. The molecule has 0 unspecified atom stereocenters. The van der Waals surface area contributed by atoms with Crippen LogP contribution in [0.2, 0.25) is 0 Å². The maximum Gasteiger partial charge on any atom is 0.257 e. The Morgan fingerprint density at radius 1 is 1.14 bits per heavy atom. The molecule has 0 saturated carbocycles. The number of hydrogen-bond donors (Lipinski definition) is 0. The van der Waals surface area contributed by atoms with Crippen LogP contribution in [0.25, 0.3) is 0 Å². The molecule has 5 heteroatoms. The first kappa shape index (κ1) is 14.4. The molecule has 3 rings (SSSR count). The third kappa shape index (κ3) is 2.67. The molecule has 1 amide bonds. The molecule has 2 atom stereocenters. The molecule has 0 aliphatic carbocycles. The van der Waals surface area contributed by atoms with Gasteiger partial charge in [-0.1, -0.05) is 0 Å². The van der Waals surface area contributed by atoms with Crippen molar-refractivity contribution in [2.75, 3.05) is 20.1 Å². The minimum Gasteiger partial charge on any atom is -0.334 e. The summed E-state index contributed by atoms with van der Waals surface area (Å²) < 4.78 is 26.8. The molecule has 21 heavy (non-hydrogen) atoms. The molecule has 0 spiro atoms. The van der Waals surface area contributed by atoms with Gasteiger partial charge in [-0.25, -0.2) is 8.78 Å². The van der Waals surface area contributed by atoms with Crippen LogP contribution >= 0.6 is 0 Å². The average Bonchev–Trinajstić information content (AvgIpc) is 3.06. The largest absolute Gasteiger partial charge is 0.334 e. The Morgan fingerprint density at radius 3 is 2.52 bits per heavy atom. The summed E-state index contributed by atoms with van der Waals surface area (Å²) >= 11 is 0. The van der Waals surface area contributed by atoms with Gasteiger partial charge in [0.2, 0.25) is 0 Å². The van der Waals surface area contributed by atoms with Crippen molar-refractivity contribution < 1.29 is 13.6 Å². The van der Waals surface area contributed by atoms with E-state index < -0.39 is 11.6 Å². The van der Waals surface area contributed by atoms with Crippen LogP contribution in [0.5, 0.6) is 0 Å². The van der Waals surface area contributed by atoms with E-state index in [0.717, 1.165) is 44.4 Å². The lowest BCUT2D eigenvalue weighted by atomic mass is 10.0. The van der Waals surface area contributed by atoms with Crippen molar-refractivity contribution in [2.45, 2.75) is 37.8 Å². The molecule has 3 nitrogen and oxygen atoms in total. The lowest BCUT2D eigenvalue weighted by molar-refractivity contribution is 0.0659. The van der Waals surface area contributed by atoms with Crippen LogP contribution < -0.4 is 0 Å². The minimum atomic E-state index is -0.773. The van der Waals surface area contributed by atoms with Gasteiger partial charge in [-0.3, -0.25) is 4.79 Å². The molecule has 2 aliphatic rings. The van der Waals surface area contributed by atoms with Crippen molar-refractivity contribution in [3.63, 3.8) is 0 Å². The second-order valence-electron chi connectivity index (χ2n) is 6.02. The number of carbonyl (C=O) groups is 1. The van der Waals surface area contributed by atoms with Gasteiger partial charge in [-0.15, -0.1) is 0 Å². The van der Waals surface area contributed by atoms with E-state index in [0.29, 0.717) is 12.6 Å². The highest BCUT2D eigenvalue weighted by molar-refractivity contribution is 5.95. The zero-order chi connectivity index (χ0) is 15.0. The van der Waals surface area contributed by atoms with Gasteiger partial charge in [0.1, 0.15) is 11.6 Å². The molecule has 0 aromatic heterocycles. The van der Waals surface area contributed by atoms with Crippen molar-refractivity contribution in [1.82, 2.24) is 9.80 Å². The highest BCUT2D eigenvalue weighted by Gasteiger charge is 2.39. The summed E-state index contributed by atoms with van der Waals surface area (Å²) in [4.78, 5) is 16.7. The first-order chi connectivity index (χ1) is 10.1. The van der Waals surface area contributed by atoms with Crippen LogP contribution in [0, 0.1) is 11.6 Å². The van der Waals surface area contributed by atoms with E-state index in [1.165, 1.54) is 6.07 Å². The molecule has 0 N–H and O–H groups in total. The van der Waals surface area contributed by atoms with Crippen LogP contribution in [-0.2, 0) is 0 Å². The van der Waals surface area contributed by atoms with E-state index in [2.05, 4.69) is 11.9 Å². The molecule has 2 saturated heterocycles. The fourth-order valence-corrected chi connectivity index (χ4v) is 3.68. The fourth-order valence-electron chi connectivity index (χ4n) is 3.68. The van der Waals surface area contributed by atoms with Gasteiger partial charge in [0.25, 0.3) is 5.91 Å². The SMILES string of the molecule is CN1CCC[C@H]1[C@@H]1CCCN1C(=O)c1ccc(F)cc1F. The monoisotopic (exact) mass is 294 g/mol. The van der Waals surface area contributed by atoms with E-state index in [1.54, 1.807) is 4.90 Å². The van der Waals surface area contributed by atoms with Crippen LogP contribution in [0.4, 0.5) is 8.78 Å². The predicted octanol–water partition coefficient (Wildman–Crippen LogP) is 2.66. The number of likely N-dealkylation sites (N-methyl/N-ethyl adjacent to an activating group) is 1. The zero-order valence-corrected chi connectivity index (χ0v) is 12.2. The molecule has 0 bridgehead atoms. The van der Waals surface area contributed by atoms with E-state index in [9.17, 15) is 13.6 Å². The molecule has 0 radical (unpaired) electrons. The highest BCUT2D eigenvalue weighted by Crippen LogP contribution is 2.30. The Morgan fingerprint density at radius 2 is 1.86 bits per heavy atom. The predicted molar refractivity (Wildman–Crippen MR) is 76.1 cm³/mol. The van der Waals surface area contributed by atoms with Crippen molar-refractivity contribution in [2.24, 2.45) is 0 Å². The first-order valence-corrected chi connectivity index (χ1v) is 7.54. The highest BCUT2D eigenvalue weighted by atomic mass is 19.1. The van der Waals surface area contributed by atoms with E-state index >= 15 is 0 Å². The smallest absolute Gasteiger partial charge is 0.257 e. The van der Waals surface area contributed by atoms with E-state index in [-0.39, 0.29) is 17.5 Å². The van der Waals surface area contributed by atoms with E-state index in [4.69, 9.17) is 0 Å².